The summed E-state index contributed by atoms with van der Waals surface area (Å²) in [5.41, 5.74) is 4.31. The first-order valence-electron chi connectivity index (χ1n) is 16.8. The van der Waals surface area contributed by atoms with Crippen LogP contribution in [-0.2, 0) is 14.0 Å². The Bertz CT molecular complexity index is 1180. The van der Waals surface area contributed by atoms with Gasteiger partial charge in [0.15, 0.2) is 0 Å². The highest BCUT2D eigenvalue weighted by Crippen LogP contribution is 2.31. The predicted octanol–water partition coefficient (Wildman–Crippen LogP) is 6.17. The summed E-state index contributed by atoms with van der Waals surface area (Å²) in [5, 5.41) is 7.06. The smallest absolute Gasteiger partial charge is 0.361 e. The molecule has 0 aliphatic heterocycles. The Morgan fingerprint density at radius 1 is 0.489 bits per heavy atom. The normalized spacial score (nSPS) is 12.5. The first kappa shape index (κ1) is 34.7. The molecular formula is C38H50B2N2O3. The van der Waals surface area contributed by atoms with Gasteiger partial charge in [0.25, 0.3) is 0 Å². The average Bonchev–Trinajstić information content (AvgIpc) is 3.10. The van der Waals surface area contributed by atoms with E-state index in [2.05, 4.69) is 122 Å². The minimum absolute atomic E-state index is 0.320. The quantitative estimate of drug-likeness (QED) is 0.0830. The summed E-state index contributed by atoms with van der Waals surface area (Å²) in [6.07, 6.45) is 4.66. The van der Waals surface area contributed by atoms with Crippen LogP contribution in [0.4, 0.5) is 0 Å². The SMILES string of the molecule is CCCCNCCOB(c1ccccc1)C(OC(B(OCCNCCCC)c1ccccc1)c1ccccc1)c1ccccc1. The lowest BCUT2D eigenvalue weighted by atomic mass is 9.51. The largest absolute Gasteiger partial charge is 0.427 e. The summed E-state index contributed by atoms with van der Waals surface area (Å²) < 4.78 is 20.8. The molecular weight excluding hydrogens is 554 g/mol. The molecule has 4 rings (SSSR count). The van der Waals surface area contributed by atoms with Crippen molar-refractivity contribution < 1.29 is 14.0 Å². The van der Waals surface area contributed by atoms with Crippen molar-refractivity contribution >= 4 is 24.8 Å². The van der Waals surface area contributed by atoms with Crippen molar-refractivity contribution in [2.75, 3.05) is 39.4 Å². The first-order valence-corrected chi connectivity index (χ1v) is 16.8. The first-order chi connectivity index (χ1) is 22.3. The summed E-state index contributed by atoms with van der Waals surface area (Å²) in [5.74, 6) is 0. The molecule has 0 aromatic heterocycles. The van der Waals surface area contributed by atoms with Gasteiger partial charge in [-0.2, -0.15) is 0 Å². The molecule has 0 bridgehead atoms. The van der Waals surface area contributed by atoms with Gasteiger partial charge in [0.05, 0.1) is 12.0 Å². The van der Waals surface area contributed by atoms with Crippen molar-refractivity contribution in [3.8, 4) is 0 Å². The maximum Gasteiger partial charge on any atom is 0.361 e. The minimum Gasteiger partial charge on any atom is -0.427 e. The molecule has 2 unspecified atom stereocenters. The maximum atomic E-state index is 7.36. The third kappa shape index (κ3) is 11.6. The van der Waals surface area contributed by atoms with Gasteiger partial charge in [-0.25, -0.2) is 0 Å². The zero-order chi connectivity index (χ0) is 31.4. The number of benzene rings is 4. The van der Waals surface area contributed by atoms with Crippen LogP contribution in [0.5, 0.6) is 0 Å². The second-order valence-corrected chi connectivity index (χ2v) is 11.4. The highest BCUT2D eigenvalue weighted by atomic mass is 16.5. The second kappa shape index (κ2) is 20.8. The Morgan fingerprint density at radius 3 is 1.20 bits per heavy atom. The minimum atomic E-state index is -0.382. The molecule has 0 heterocycles. The number of hydrogen-bond donors (Lipinski definition) is 2. The third-order valence-electron chi connectivity index (χ3n) is 7.92. The summed E-state index contributed by atoms with van der Waals surface area (Å²) in [7, 11) is 0. The molecule has 4 aromatic carbocycles. The molecule has 2 N–H and O–H groups in total. The van der Waals surface area contributed by atoms with E-state index >= 15 is 0 Å². The Balaban J connectivity index is 1.69. The van der Waals surface area contributed by atoms with Gasteiger partial charge in [-0.05, 0) is 48.0 Å². The van der Waals surface area contributed by atoms with E-state index in [9.17, 15) is 0 Å². The van der Waals surface area contributed by atoms with Crippen LogP contribution in [-0.4, -0.2) is 53.2 Å². The second-order valence-electron chi connectivity index (χ2n) is 11.4. The van der Waals surface area contributed by atoms with Gasteiger partial charge in [-0.3, -0.25) is 0 Å². The summed E-state index contributed by atoms with van der Waals surface area (Å²) >= 11 is 0. The van der Waals surface area contributed by atoms with Crippen molar-refractivity contribution in [2.24, 2.45) is 0 Å². The molecule has 0 aliphatic rings. The predicted molar refractivity (Wildman–Crippen MR) is 191 cm³/mol. The fraction of sp³-hybridized carbons (Fsp3) is 0.368. The number of nitrogens with one attached hydrogen (secondary N) is 2. The van der Waals surface area contributed by atoms with Crippen LogP contribution >= 0.6 is 0 Å². The zero-order valence-electron chi connectivity index (χ0n) is 27.2. The molecule has 0 aliphatic carbocycles. The summed E-state index contributed by atoms with van der Waals surface area (Å²) in [6, 6.07) is 41.1. The molecule has 0 radical (unpaired) electrons. The van der Waals surface area contributed by atoms with E-state index in [-0.39, 0.29) is 25.8 Å². The van der Waals surface area contributed by atoms with Gasteiger partial charge in [0, 0.05) is 26.3 Å². The Labute approximate surface area is 272 Å². The molecule has 0 saturated heterocycles. The van der Waals surface area contributed by atoms with Crippen LogP contribution in [0.1, 0.15) is 62.7 Å². The summed E-state index contributed by atoms with van der Waals surface area (Å²) in [6.45, 7) is 8.50. The molecule has 4 aromatic rings. The van der Waals surface area contributed by atoms with Crippen molar-refractivity contribution in [3.05, 3.63) is 132 Å². The van der Waals surface area contributed by atoms with Crippen LogP contribution in [0.15, 0.2) is 121 Å². The van der Waals surface area contributed by atoms with Crippen LogP contribution in [0, 0.1) is 0 Å². The van der Waals surface area contributed by atoms with Gasteiger partial charge in [-0.15, -0.1) is 0 Å². The number of hydrogen-bond acceptors (Lipinski definition) is 5. The molecule has 7 heteroatoms. The number of ether oxygens (including phenoxy) is 1. The van der Waals surface area contributed by atoms with Gasteiger partial charge in [0.2, 0.25) is 0 Å². The van der Waals surface area contributed by atoms with Gasteiger partial charge in [0.1, 0.15) is 0 Å². The van der Waals surface area contributed by atoms with E-state index in [1.807, 2.05) is 24.3 Å². The van der Waals surface area contributed by atoms with Crippen LogP contribution in [0.2, 0.25) is 0 Å². The Kier molecular flexibility index (Phi) is 16.0. The highest BCUT2D eigenvalue weighted by molar-refractivity contribution is 6.69. The van der Waals surface area contributed by atoms with Crippen molar-refractivity contribution in [2.45, 2.75) is 51.5 Å². The van der Waals surface area contributed by atoms with Crippen molar-refractivity contribution in [1.29, 1.82) is 0 Å². The van der Waals surface area contributed by atoms with E-state index < -0.39 is 0 Å². The van der Waals surface area contributed by atoms with E-state index in [4.69, 9.17) is 14.0 Å². The fourth-order valence-corrected chi connectivity index (χ4v) is 5.46. The topological polar surface area (TPSA) is 51.8 Å². The highest BCUT2D eigenvalue weighted by Gasteiger charge is 2.39. The molecule has 0 fully saturated rings. The van der Waals surface area contributed by atoms with E-state index in [1.165, 1.54) is 12.8 Å². The van der Waals surface area contributed by atoms with Crippen molar-refractivity contribution in [3.63, 3.8) is 0 Å². The van der Waals surface area contributed by atoms with E-state index in [1.54, 1.807) is 0 Å². The van der Waals surface area contributed by atoms with Crippen LogP contribution < -0.4 is 21.6 Å². The Hall–Kier alpha value is -3.19. The molecule has 45 heavy (non-hydrogen) atoms. The lowest BCUT2D eigenvalue weighted by Gasteiger charge is -2.33. The van der Waals surface area contributed by atoms with Crippen LogP contribution in [0.25, 0.3) is 0 Å². The molecule has 236 valence electrons. The van der Waals surface area contributed by atoms with Crippen LogP contribution in [0.3, 0.4) is 0 Å². The lowest BCUT2D eigenvalue weighted by Crippen LogP contribution is -2.47. The van der Waals surface area contributed by atoms with E-state index in [0.717, 1.165) is 61.1 Å². The molecule has 0 spiro atoms. The zero-order valence-corrected chi connectivity index (χ0v) is 27.2. The third-order valence-corrected chi connectivity index (χ3v) is 7.92. The standard InChI is InChI=1S/C38H50B2N2O3/c1-3-5-27-41-29-31-43-39(35-23-15-9-16-24-35)37(33-19-11-7-12-20-33)45-38(34-21-13-8-14-22-34)40(36-25-17-10-18-26-36)44-32-30-42-28-6-4-2/h7-26,37-38,41-42H,3-6,27-32H2,1-2H3. The molecule has 5 nitrogen and oxygen atoms in total. The monoisotopic (exact) mass is 604 g/mol. The van der Waals surface area contributed by atoms with Gasteiger partial charge in [-0.1, -0.05) is 148 Å². The van der Waals surface area contributed by atoms with Gasteiger partial charge < -0.3 is 24.7 Å². The summed E-state index contributed by atoms with van der Waals surface area (Å²) in [4.78, 5) is 0. The number of unbranched alkanes of at least 4 members (excludes halogenated alkanes) is 2. The van der Waals surface area contributed by atoms with Gasteiger partial charge >= 0.3 is 13.8 Å². The van der Waals surface area contributed by atoms with E-state index in [0.29, 0.717) is 13.2 Å². The molecule has 0 saturated carbocycles. The molecule has 0 amide bonds. The van der Waals surface area contributed by atoms with Crippen molar-refractivity contribution in [1.82, 2.24) is 10.6 Å². The fourth-order valence-electron chi connectivity index (χ4n) is 5.46. The molecule has 2 atom stereocenters. The maximum absolute atomic E-state index is 7.36. The average molecular weight is 604 g/mol. The lowest BCUT2D eigenvalue weighted by molar-refractivity contribution is 0.0507. The number of rotatable bonds is 22. The Morgan fingerprint density at radius 2 is 0.844 bits per heavy atom.